The van der Waals surface area contributed by atoms with E-state index in [-0.39, 0.29) is 6.10 Å². The van der Waals surface area contributed by atoms with Gasteiger partial charge in [0.2, 0.25) is 5.95 Å². The number of nitrogens with one attached hydrogen (secondary N) is 2. The monoisotopic (exact) mass is 666 g/mol. The molecule has 0 amide bonds. The van der Waals surface area contributed by atoms with Crippen LogP contribution >= 0.6 is 11.6 Å². The number of morpholine rings is 1. The van der Waals surface area contributed by atoms with Crippen molar-refractivity contribution in [3.05, 3.63) is 53.6 Å². The van der Waals surface area contributed by atoms with Crippen molar-refractivity contribution in [3.8, 4) is 22.8 Å². The number of anilines is 2. The lowest BCUT2D eigenvalue weighted by Crippen LogP contribution is -2.30. The van der Waals surface area contributed by atoms with Crippen LogP contribution in [0.3, 0.4) is 0 Å². The number of aliphatic imine (C=N–C) groups is 2. The second-order valence-electron chi connectivity index (χ2n) is 11.2. The number of halogens is 1. The molecule has 0 bridgehead atoms. The number of hydrogen-bond donors (Lipinski definition) is 4. The molecule has 0 unspecified atom stereocenters. The van der Waals surface area contributed by atoms with E-state index in [1.807, 2.05) is 29.9 Å². The van der Waals surface area contributed by atoms with Crippen LogP contribution in [-0.2, 0) is 4.74 Å². The number of hydrogen-bond acceptors (Lipinski definition) is 11. The first-order valence-electron chi connectivity index (χ1n) is 16.1. The molecule has 1 atom stereocenters. The molecule has 14 heteroatoms. The van der Waals surface area contributed by atoms with E-state index in [0.29, 0.717) is 59.6 Å². The van der Waals surface area contributed by atoms with Crippen molar-refractivity contribution in [1.82, 2.24) is 25.1 Å². The van der Waals surface area contributed by atoms with Gasteiger partial charge in [-0.2, -0.15) is 0 Å². The zero-order chi connectivity index (χ0) is 33.3. The summed E-state index contributed by atoms with van der Waals surface area (Å²) in [4.78, 5) is 17.0. The maximum absolute atomic E-state index is 6.36. The van der Waals surface area contributed by atoms with Gasteiger partial charge in [-0.25, -0.2) is 9.97 Å². The molecule has 254 valence electrons. The minimum atomic E-state index is -0.186. The summed E-state index contributed by atoms with van der Waals surface area (Å²) in [6.45, 7) is 6.55. The number of ether oxygens (including phenoxy) is 3. The summed E-state index contributed by atoms with van der Waals surface area (Å²) in [5, 5.41) is 11.7. The second kappa shape index (κ2) is 19.5. The van der Waals surface area contributed by atoms with Crippen molar-refractivity contribution in [2.75, 3.05) is 51.8 Å². The molecule has 1 saturated heterocycles. The average Bonchev–Trinajstić information content (AvgIpc) is 3.51. The SMILES string of the molecule is C1COCCN1.CN=C/C=C(\N)CCOc1nn(C2CCCCC2)cc1Nc1ncc(-c2ccc(Cl)c(O[C@@H](C)CN=CN)c2)cn1. The number of benzene rings is 1. The molecule has 2 aromatic heterocycles. The highest BCUT2D eigenvalue weighted by molar-refractivity contribution is 6.32. The highest BCUT2D eigenvalue weighted by Crippen LogP contribution is 2.34. The third-order valence-electron chi connectivity index (χ3n) is 7.52. The van der Waals surface area contributed by atoms with E-state index in [2.05, 4.69) is 30.6 Å². The van der Waals surface area contributed by atoms with Crippen LogP contribution in [0, 0.1) is 0 Å². The molecule has 1 aliphatic carbocycles. The first-order valence-corrected chi connectivity index (χ1v) is 16.5. The highest BCUT2D eigenvalue weighted by atomic mass is 35.5. The molecule has 2 fully saturated rings. The number of aromatic nitrogens is 4. The molecule has 6 N–H and O–H groups in total. The van der Waals surface area contributed by atoms with Gasteiger partial charge in [-0.15, -0.1) is 5.10 Å². The topological polar surface area (TPSA) is 172 Å². The zero-order valence-electron chi connectivity index (χ0n) is 27.3. The van der Waals surface area contributed by atoms with Gasteiger partial charge >= 0.3 is 0 Å². The Hall–Kier alpha value is -4.20. The van der Waals surface area contributed by atoms with E-state index in [9.17, 15) is 0 Å². The van der Waals surface area contributed by atoms with Gasteiger partial charge in [-0.1, -0.05) is 36.9 Å². The van der Waals surface area contributed by atoms with Gasteiger partial charge in [0.25, 0.3) is 5.88 Å². The van der Waals surface area contributed by atoms with E-state index in [1.54, 1.807) is 37.8 Å². The summed E-state index contributed by atoms with van der Waals surface area (Å²) in [6.07, 6.45) is 16.4. The van der Waals surface area contributed by atoms with Crippen LogP contribution in [0.5, 0.6) is 11.6 Å². The van der Waals surface area contributed by atoms with E-state index in [1.165, 1.54) is 25.6 Å². The van der Waals surface area contributed by atoms with Crippen LogP contribution in [0.1, 0.15) is 51.5 Å². The van der Waals surface area contributed by atoms with Gasteiger partial charge < -0.3 is 36.3 Å². The Bertz CT molecular complexity index is 1440. The molecule has 1 aromatic carbocycles. The van der Waals surface area contributed by atoms with Crippen LogP contribution < -0.4 is 31.6 Å². The standard InChI is InChI=1S/C29H38ClN9O2.C4H9NO/c1-20(15-34-19-31)41-27-14-21(8-9-25(27)30)22-16-35-29(36-17-22)37-26-18-39(24-6-4-3-5-7-24)38-28(26)40-13-11-23(32)10-12-33-2;1-3-6-4-2-5-1/h8-10,12,14,16-20,24H,3-7,11,13,15,32H2,1-2H3,(H2,31,34)(H,35,36,37);5H,1-4H2/b23-10-,33-12?;/t20-;/m0./s1. The van der Waals surface area contributed by atoms with Gasteiger partial charge in [0, 0.05) is 56.4 Å². The molecule has 1 saturated carbocycles. The van der Waals surface area contributed by atoms with Gasteiger partial charge in [0.15, 0.2) is 0 Å². The van der Waals surface area contributed by atoms with Crippen LogP contribution in [-0.4, -0.2) is 84.9 Å². The van der Waals surface area contributed by atoms with Crippen LogP contribution in [0.4, 0.5) is 11.6 Å². The Morgan fingerprint density at radius 2 is 1.96 bits per heavy atom. The number of allylic oxidation sites excluding steroid dienone is 1. The Balaban J connectivity index is 0.000000748. The van der Waals surface area contributed by atoms with E-state index >= 15 is 0 Å². The quantitative estimate of drug-likeness (QED) is 0.145. The molecule has 13 nitrogen and oxygen atoms in total. The second-order valence-corrected chi connectivity index (χ2v) is 11.6. The molecule has 1 aliphatic heterocycles. The van der Waals surface area contributed by atoms with E-state index in [0.717, 1.165) is 50.3 Å². The van der Waals surface area contributed by atoms with Crippen molar-refractivity contribution in [2.24, 2.45) is 21.5 Å². The molecule has 0 radical (unpaired) electrons. The molecule has 3 aromatic rings. The van der Waals surface area contributed by atoms with Crippen molar-refractivity contribution in [1.29, 1.82) is 0 Å². The fraction of sp³-hybridized carbons (Fsp3) is 0.485. The van der Waals surface area contributed by atoms with E-state index < -0.39 is 0 Å². The Morgan fingerprint density at radius 1 is 1.19 bits per heavy atom. The summed E-state index contributed by atoms with van der Waals surface area (Å²) in [6, 6.07) is 5.90. The molecule has 3 heterocycles. The first kappa shape index (κ1) is 35.7. The van der Waals surface area contributed by atoms with Crippen LogP contribution in [0.2, 0.25) is 5.02 Å². The van der Waals surface area contributed by atoms with Crippen molar-refractivity contribution < 1.29 is 14.2 Å². The molecular formula is C33H47ClN10O3. The molecule has 2 aliphatic rings. The summed E-state index contributed by atoms with van der Waals surface area (Å²) >= 11 is 6.36. The highest BCUT2D eigenvalue weighted by Gasteiger charge is 2.20. The molecule has 47 heavy (non-hydrogen) atoms. The van der Waals surface area contributed by atoms with Gasteiger partial charge in [-0.05, 0) is 43.5 Å². The lowest BCUT2D eigenvalue weighted by atomic mass is 9.96. The fourth-order valence-corrected chi connectivity index (χ4v) is 5.20. The van der Waals surface area contributed by atoms with E-state index in [4.69, 9.17) is 42.4 Å². The third kappa shape index (κ3) is 11.8. The lowest BCUT2D eigenvalue weighted by molar-refractivity contribution is 0.109. The van der Waals surface area contributed by atoms with Gasteiger partial charge in [0.1, 0.15) is 17.5 Å². The maximum Gasteiger partial charge on any atom is 0.256 e. The summed E-state index contributed by atoms with van der Waals surface area (Å²) < 4.78 is 19.0. The molecule has 0 spiro atoms. The Morgan fingerprint density at radius 3 is 2.62 bits per heavy atom. The zero-order valence-corrected chi connectivity index (χ0v) is 28.0. The normalized spacial score (nSPS) is 16.5. The smallest absolute Gasteiger partial charge is 0.256 e. The van der Waals surface area contributed by atoms with Crippen molar-refractivity contribution >= 4 is 35.8 Å². The first-order chi connectivity index (χ1) is 23.0. The predicted molar refractivity (Wildman–Crippen MR) is 188 cm³/mol. The van der Waals surface area contributed by atoms with Gasteiger partial charge in [-0.3, -0.25) is 14.7 Å². The largest absolute Gasteiger partial charge is 0.487 e. The average molecular weight is 667 g/mol. The van der Waals surface area contributed by atoms with Crippen molar-refractivity contribution in [2.45, 2.75) is 57.6 Å². The van der Waals surface area contributed by atoms with Crippen molar-refractivity contribution in [3.63, 3.8) is 0 Å². The number of nitrogens with zero attached hydrogens (tertiary/aromatic N) is 6. The minimum absolute atomic E-state index is 0.186. The minimum Gasteiger partial charge on any atom is -0.487 e. The maximum atomic E-state index is 6.36. The van der Waals surface area contributed by atoms with Crippen LogP contribution in [0.25, 0.3) is 11.1 Å². The lowest BCUT2D eigenvalue weighted by Gasteiger charge is -2.21. The van der Waals surface area contributed by atoms with Crippen LogP contribution in [0.15, 0.2) is 58.5 Å². The molecular weight excluding hydrogens is 620 g/mol. The van der Waals surface area contributed by atoms with Gasteiger partial charge in [0.05, 0.1) is 50.0 Å². The summed E-state index contributed by atoms with van der Waals surface area (Å²) in [5.74, 6) is 1.48. The summed E-state index contributed by atoms with van der Waals surface area (Å²) in [5.41, 5.74) is 14.5. The number of nitrogens with two attached hydrogens (primary N) is 2. The fourth-order valence-electron chi connectivity index (χ4n) is 5.03. The third-order valence-corrected chi connectivity index (χ3v) is 7.83. The summed E-state index contributed by atoms with van der Waals surface area (Å²) in [7, 11) is 1.70. The number of rotatable bonds is 13. The Labute approximate surface area is 281 Å². The Kier molecular flexibility index (Phi) is 14.8. The molecule has 5 rings (SSSR count). The predicted octanol–water partition coefficient (Wildman–Crippen LogP) is 4.91.